The molecule has 116 valence electrons. The number of halogens is 5. The Hall–Kier alpha value is -0.240. The van der Waals surface area contributed by atoms with Gasteiger partial charge in [-0.15, -0.1) is 24.8 Å². The summed E-state index contributed by atoms with van der Waals surface area (Å²) in [7, 11) is 0. The van der Waals surface area contributed by atoms with Crippen LogP contribution in [0.15, 0.2) is 0 Å². The van der Waals surface area contributed by atoms with Gasteiger partial charge in [0.1, 0.15) is 0 Å². The fraction of sp³-hybridized carbons (Fsp3) is 0.900. The highest BCUT2D eigenvalue weighted by Crippen LogP contribution is 2.22. The Morgan fingerprint density at radius 3 is 2.53 bits per heavy atom. The second-order valence-corrected chi connectivity index (χ2v) is 4.54. The zero-order valence-electron chi connectivity index (χ0n) is 10.6. The molecule has 9 heteroatoms. The van der Waals surface area contributed by atoms with Gasteiger partial charge >= 0.3 is 6.18 Å². The minimum absolute atomic E-state index is 0. The third-order valence-electron chi connectivity index (χ3n) is 2.75. The smallest absolute Gasteiger partial charge is 0.354 e. The van der Waals surface area contributed by atoms with Crippen LogP contribution in [0.4, 0.5) is 13.2 Å². The molecule has 1 saturated heterocycles. The molecule has 0 aromatic carbocycles. The van der Waals surface area contributed by atoms with E-state index in [-0.39, 0.29) is 36.6 Å². The van der Waals surface area contributed by atoms with E-state index in [9.17, 15) is 18.0 Å². The molecule has 1 heterocycles. The lowest BCUT2D eigenvalue weighted by Crippen LogP contribution is -2.41. The predicted molar refractivity (Wildman–Crippen MR) is 71.8 cm³/mol. The molecule has 1 amide bonds. The van der Waals surface area contributed by atoms with E-state index < -0.39 is 18.8 Å². The minimum atomic E-state index is -4.15. The summed E-state index contributed by atoms with van der Waals surface area (Å²) in [4.78, 5) is 12.5. The van der Waals surface area contributed by atoms with E-state index in [0.29, 0.717) is 26.1 Å². The van der Waals surface area contributed by atoms with Crippen LogP contribution in [0.1, 0.15) is 13.3 Å². The van der Waals surface area contributed by atoms with Crippen LogP contribution in [0.3, 0.4) is 0 Å². The number of carbonyl (C=O) groups excluding carboxylic acids is 1. The first-order chi connectivity index (χ1) is 7.78. The van der Waals surface area contributed by atoms with E-state index >= 15 is 0 Å². The topological polar surface area (TPSA) is 58.4 Å². The first-order valence-corrected chi connectivity index (χ1v) is 5.60. The van der Waals surface area contributed by atoms with Crippen molar-refractivity contribution in [1.29, 1.82) is 0 Å². The first-order valence-electron chi connectivity index (χ1n) is 5.60. The third kappa shape index (κ3) is 8.52. The van der Waals surface area contributed by atoms with Crippen molar-refractivity contribution in [2.45, 2.75) is 25.6 Å². The van der Waals surface area contributed by atoms with Gasteiger partial charge in [-0.05, 0) is 25.8 Å². The fourth-order valence-electron chi connectivity index (χ4n) is 1.88. The van der Waals surface area contributed by atoms with Gasteiger partial charge < -0.3 is 11.1 Å². The second-order valence-electron chi connectivity index (χ2n) is 4.54. The van der Waals surface area contributed by atoms with Gasteiger partial charge in [0.2, 0.25) is 5.91 Å². The lowest BCUT2D eigenvalue weighted by molar-refractivity contribution is -0.143. The first kappa shape index (κ1) is 21.1. The summed E-state index contributed by atoms with van der Waals surface area (Å²) in [6, 6.07) is -0.581. The molecule has 0 aromatic rings. The fourth-order valence-corrected chi connectivity index (χ4v) is 1.88. The number of carbonyl (C=O) groups is 1. The van der Waals surface area contributed by atoms with Crippen LogP contribution in [0, 0.1) is 5.92 Å². The summed E-state index contributed by atoms with van der Waals surface area (Å²) in [5.41, 5.74) is 5.36. The monoisotopic (exact) mass is 325 g/mol. The van der Waals surface area contributed by atoms with Gasteiger partial charge in [0.15, 0.2) is 0 Å². The van der Waals surface area contributed by atoms with Crippen molar-refractivity contribution in [2.24, 2.45) is 11.7 Å². The average Bonchev–Trinajstić information content (AvgIpc) is 2.59. The Kier molecular flexibility index (Phi) is 9.80. The standard InChI is InChI=1S/C10H18F3N3O.2ClH/c1-7(14)9(17)15-4-8-2-3-16(5-8)6-10(11,12)13;;/h7-8H,2-6,14H2,1H3,(H,15,17);2*1H/t7-,8?;;/m0../s1. The second kappa shape index (κ2) is 8.84. The zero-order chi connectivity index (χ0) is 13.1. The highest BCUT2D eigenvalue weighted by molar-refractivity contribution is 5.85. The normalized spacial score (nSPS) is 21.2. The molecular formula is C10H20Cl2F3N3O. The maximum atomic E-state index is 12.1. The van der Waals surface area contributed by atoms with E-state index in [0.717, 1.165) is 0 Å². The molecular weight excluding hydrogens is 306 g/mol. The number of rotatable bonds is 4. The van der Waals surface area contributed by atoms with Gasteiger partial charge in [0, 0.05) is 13.1 Å². The molecule has 0 aliphatic carbocycles. The lowest BCUT2D eigenvalue weighted by Gasteiger charge is -2.18. The van der Waals surface area contributed by atoms with Crippen LogP contribution in [0.2, 0.25) is 0 Å². The Morgan fingerprint density at radius 1 is 1.47 bits per heavy atom. The van der Waals surface area contributed by atoms with Crippen molar-refractivity contribution in [3.8, 4) is 0 Å². The number of alkyl halides is 3. The van der Waals surface area contributed by atoms with Crippen LogP contribution in [0.25, 0.3) is 0 Å². The Balaban J connectivity index is 0. The van der Waals surface area contributed by atoms with E-state index in [1.165, 1.54) is 4.90 Å². The molecule has 1 aliphatic heterocycles. The highest BCUT2D eigenvalue weighted by Gasteiger charge is 2.34. The Labute approximate surface area is 123 Å². The average molecular weight is 326 g/mol. The van der Waals surface area contributed by atoms with E-state index in [1.54, 1.807) is 6.92 Å². The molecule has 1 fully saturated rings. The Morgan fingerprint density at radius 2 is 2.05 bits per heavy atom. The van der Waals surface area contributed by atoms with Gasteiger partial charge in [-0.3, -0.25) is 9.69 Å². The van der Waals surface area contributed by atoms with Crippen LogP contribution in [-0.2, 0) is 4.79 Å². The van der Waals surface area contributed by atoms with E-state index in [1.807, 2.05) is 0 Å². The molecule has 0 saturated carbocycles. The van der Waals surface area contributed by atoms with Crippen molar-refractivity contribution in [1.82, 2.24) is 10.2 Å². The van der Waals surface area contributed by atoms with Crippen LogP contribution >= 0.6 is 24.8 Å². The maximum Gasteiger partial charge on any atom is 0.401 e. The van der Waals surface area contributed by atoms with Crippen molar-refractivity contribution in [3.63, 3.8) is 0 Å². The molecule has 0 radical (unpaired) electrons. The summed E-state index contributed by atoms with van der Waals surface area (Å²) < 4.78 is 36.4. The van der Waals surface area contributed by atoms with Crippen molar-refractivity contribution < 1.29 is 18.0 Å². The molecule has 2 atom stereocenters. The van der Waals surface area contributed by atoms with Crippen molar-refractivity contribution >= 4 is 30.7 Å². The van der Waals surface area contributed by atoms with Crippen molar-refractivity contribution in [2.75, 3.05) is 26.2 Å². The number of likely N-dealkylation sites (tertiary alicyclic amines) is 1. The minimum Gasteiger partial charge on any atom is -0.354 e. The number of amides is 1. The molecule has 0 aromatic heterocycles. The van der Waals surface area contributed by atoms with Gasteiger partial charge in [-0.25, -0.2) is 0 Å². The van der Waals surface area contributed by atoms with Crippen LogP contribution in [0.5, 0.6) is 0 Å². The summed E-state index contributed by atoms with van der Waals surface area (Å²) in [6.45, 7) is 1.90. The third-order valence-corrected chi connectivity index (χ3v) is 2.75. The van der Waals surface area contributed by atoms with Gasteiger partial charge in [0.25, 0.3) is 0 Å². The number of nitrogens with zero attached hydrogens (tertiary/aromatic N) is 1. The molecule has 3 N–H and O–H groups in total. The van der Waals surface area contributed by atoms with Crippen LogP contribution in [-0.4, -0.2) is 49.2 Å². The number of nitrogens with two attached hydrogens (primary N) is 1. The molecule has 0 spiro atoms. The van der Waals surface area contributed by atoms with E-state index in [2.05, 4.69) is 5.32 Å². The molecule has 1 aliphatic rings. The van der Waals surface area contributed by atoms with Crippen LogP contribution < -0.4 is 11.1 Å². The SMILES string of the molecule is C[C@H](N)C(=O)NCC1CCN(CC(F)(F)F)C1.Cl.Cl. The van der Waals surface area contributed by atoms with Gasteiger partial charge in [-0.2, -0.15) is 13.2 Å². The molecule has 19 heavy (non-hydrogen) atoms. The van der Waals surface area contributed by atoms with E-state index in [4.69, 9.17) is 5.73 Å². The molecule has 0 bridgehead atoms. The summed E-state index contributed by atoms with van der Waals surface area (Å²) in [5, 5.41) is 2.64. The molecule has 1 unspecified atom stereocenters. The lowest BCUT2D eigenvalue weighted by atomic mass is 10.1. The highest BCUT2D eigenvalue weighted by atomic mass is 35.5. The van der Waals surface area contributed by atoms with Gasteiger partial charge in [0.05, 0.1) is 12.6 Å². The molecule has 1 rings (SSSR count). The van der Waals surface area contributed by atoms with Crippen molar-refractivity contribution in [3.05, 3.63) is 0 Å². The zero-order valence-corrected chi connectivity index (χ0v) is 12.2. The number of hydrogen-bond acceptors (Lipinski definition) is 3. The predicted octanol–water partition coefficient (Wildman–Crippen LogP) is 1.18. The number of hydrogen-bond donors (Lipinski definition) is 2. The number of nitrogens with one attached hydrogen (secondary N) is 1. The van der Waals surface area contributed by atoms with Gasteiger partial charge in [-0.1, -0.05) is 0 Å². The summed E-state index contributed by atoms with van der Waals surface area (Å²) >= 11 is 0. The largest absolute Gasteiger partial charge is 0.401 e. The quantitative estimate of drug-likeness (QED) is 0.816. The molecule has 4 nitrogen and oxygen atoms in total. The summed E-state index contributed by atoms with van der Waals surface area (Å²) in [6.07, 6.45) is -3.47. The maximum absolute atomic E-state index is 12.1. The Bertz CT molecular complexity index is 277. The summed E-state index contributed by atoms with van der Waals surface area (Å²) in [5.74, 6) is -0.181.